The summed E-state index contributed by atoms with van der Waals surface area (Å²) >= 11 is 3.09. The number of thioether (sulfide) groups is 1. The Hall–Kier alpha value is -1.41. The van der Waals surface area contributed by atoms with Gasteiger partial charge in [-0.1, -0.05) is 37.1 Å². The Morgan fingerprint density at radius 2 is 2.30 bits per heavy atom. The molecule has 0 aromatic carbocycles. The first-order valence-electron chi connectivity index (χ1n) is 7.98. The van der Waals surface area contributed by atoms with Gasteiger partial charge >= 0.3 is 0 Å². The van der Waals surface area contributed by atoms with Crippen LogP contribution >= 0.6 is 23.1 Å². The number of tetrazole rings is 1. The normalized spacial score (nSPS) is 17.1. The van der Waals surface area contributed by atoms with Gasteiger partial charge in [-0.25, -0.2) is 4.68 Å². The van der Waals surface area contributed by atoms with E-state index in [4.69, 9.17) is 0 Å². The van der Waals surface area contributed by atoms with Crippen LogP contribution in [0, 0.1) is 0 Å². The van der Waals surface area contributed by atoms with Gasteiger partial charge in [-0.3, -0.25) is 4.79 Å². The van der Waals surface area contributed by atoms with E-state index in [1.54, 1.807) is 16.0 Å². The molecule has 124 valence electrons. The van der Waals surface area contributed by atoms with E-state index in [-0.39, 0.29) is 11.2 Å². The van der Waals surface area contributed by atoms with Crippen molar-refractivity contribution in [1.29, 1.82) is 0 Å². The van der Waals surface area contributed by atoms with Gasteiger partial charge in [0.1, 0.15) is 0 Å². The van der Waals surface area contributed by atoms with Crippen molar-refractivity contribution >= 4 is 29.0 Å². The molecule has 8 heteroatoms. The maximum absolute atomic E-state index is 12.4. The summed E-state index contributed by atoms with van der Waals surface area (Å²) < 4.78 is 1.75. The van der Waals surface area contributed by atoms with E-state index in [2.05, 4.69) is 26.9 Å². The van der Waals surface area contributed by atoms with Gasteiger partial charge in [-0.15, -0.1) is 16.4 Å². The lowest BCUT2D eigenvalue weighted by molar-refractivity contribution is -0.121. The molecular formula is C15H21N5OS2. The molecule has 2 aromatic rings. The van der Waals surface area contributed by atoms with Crippen molar-refractivity contribution in [3.63, 3.8) is 0 Å². The first-order chi connectivity index (χ1) is 11.2. The molecule has 1 aliphatic carbocycles. The molecule has 1 saturated carbocycles. The van der Waals surface area contributed by atoms with Crippen molar-refractivity contribution < 1.29 is 4.79 Å². The zero-order chi connectivity index (χ0) is 16.1. The number of aromatic nitrogens is 4. The van der Waals surface area contributed by atoms with Crippen LogP contribution in [0.4, 0.5) is 0 Å². The van der Waals surface area contributed by atoms with E-state index in [0.29, 0.717) is 17.7 Å². The van der Waals surface area contributed by atoms with Crippen molar-refractivity contribution in [2.24, 2.45) is 0 Å². The molecule has 2 heterocycles. The van der Waals surface area contributed by atoms with E-state index < -0.39 is 0 Å². The SMILES string of the molecule is CC(Sc1nnnn1Cc1cccs1)C(=O)NC1CCCCC1. The Balaban J connectivity index is 1.56. The number of nitrogens with zero attached hydrogens (tertiary/aromatic N) is 4. The second-order valence-electron chi connectivity index (χ2n) is 5.80. The monoisotopic (exact) mass is 351 g/mol. The summed E-state index contributed by atoms with van der Waals surface area (Å²) in [6, 6.07) is 4.40. The number of carbonyl (C=O) groups is 1. The van der Waals surface area contributed by atoms with Gasteiger partial charge < -0.3 is 5.32 Å². The number of amides is 1. The fourth-order valence-electron chi connectivity index (χ4n) is 2.71. The highest BCUT2D eigenvalue weighted by molar-refractivity contribution is 8.00. The summed E-state index contributed by atoms with van der Waals surface area (Å²) in [5.41, 5.74) is 0. The van der Waals surface area contributed by atoms with E-state index in [9.17, 15) is 4.79 Å². The molecule has 1 unspecified atom stereocenters. The largest absolute Gasteiger partial charge is 0.352 e. The minimum absolute atomic E-state index is 0.0765. The maximum Gasteiger partial charge on any atom is 0.233 e. The van der Waals surface area contributed by atoms with Gasteiger partial charge in [-0.2, -0.15) is 0 Å². The number of rotatable bonds is 6. The zero-order valence-electron chi connectivity index (χ0n) is 13.1. The van der Waals surface area contributed by atoms with Crippen molar-refractivity contribution in [3.8, 4) is 0 Å². The van der Waals surface area contributed by atoms with Crippen LogP contribution in [0.3, 0.4) is 0 Å². The topological polar surface area (TPSA) is 72.7 Å². The molecule has 0 aliphatic heterocycles. The summed E-state index contributed by atoms with van der Waals surface area (Å²) in [6.07, 6.45) is 5.91. The third-order valence-electron chi connectivity index (χ3n) is 3.99. The molecule has 1 N–H and O–H groups in total. The highest BCUT2D eigenvalue weighted by atomic mass is 32.2. The summed E-state index contributed by atoms with van der Waals surface area (Å²) in [7, 11) is 0. The van der Waals surface area contributed by atoms with E-state index in [1.807, 2.05) is 18.4 Å². The molecule has 2 aromatic heterocycles. The average Bonchev–Trinajstić information content (AvgIpc) is 3.21. The highest BCUT2D eigenvalue weighted by Gasteiger charge is 2.22. The number of nitrogens with one attached hydrogen (secondary N) is 1. The second-order valence-corrected chi connectivity index (χ2v) is 8.14. The Labute approximate surface area is 144 Å². The number of thiophene rings is 1. The van der Waals surface area contributed by atoms with Crippen LogP contribution in [-0.2, 0) is 11.3 Å². The maximum atomic E-state index is 12.4. The standard InChI is InChI=1S/C15H21N5OS2/c1-11(14(21)16-12-6-3-2-4-7-12)23-15-17-18-19-20(15)10-13-8-5-9-22-13/h5,8-9,11-12H,2-4,6-7,10H2,1H3,(H,16,21). The molecule has 23 heavy (non-hydrogen) atoms. The van der Waals surface area contributed by atoms with Crippen LogP contribution in [0.25, 0.3) is 0 Å². The molecule has 1 atom stereocenters. The summed E-state index contributed by atoms with van der Waals surface area (Å²) in [4.78, 5) is 13.6. The molecule has 1 amide bonds. The van der Waals surface area contributed by atoms with Gasteiger partial charge in [0.15, 0.2) is 0 Å². The van der Waals surface area contributed by atoms with Crippen LogP contribution in [0.15, 0.2) is 22.7 Å². The average molecular weight is 352 g/mol. The second kappa shape index (κ2) is 7.92. The van der Waals surface area contributed by atoms with Crippen LogP contribution in [0.5, 0.6) is 0 Å². The smallest absolute Gasteiger partial charge is 0.233 e. The van der Waals surface area contributed by atoms with Crippen LogP contribution in [-0.4, -0.2) is 37.4 Å². The first kappa shape index (κ1) is 16.4. The van der Waals surface area contributed by atoms with Crippen molar-refractivity contribution in [3.05, 3.63) is 22.4 Å². The molecule has 1 fully saturated rings. The van der Waals surface area contributed by atoms with Crippen LogP contribution in [0.2, 0.25) is 0 Å². The molecule has 1 aliphatic rings. The van der Waals surface area contributed by atoms with Gasteiger partial charge in [0, 0.05) is 10.9 Å². The Morgan fingerprint density at radius 1 is 1.48 bits per heavy atom. The first-order valence-corrected chi connectivity index (χ1v) is 9.74. The molecule has 3 rings (SSSR count). The van der Waals surface area contributed by atoms with E-state index in [0.717, 1.165) is 12.8 Å². The van der Waals surface area contributed by atoms with Crippen LogP contribution < -0.4 is 5.32 Å². The lowest BCUT2D eigenvalue weighted by Crippen LogP contribution is -2.40. The minimum atomic E-state index is -0.204. The lowest BCUT2D eigenvalue weighted by Gasteiger charge is -2.24. The summed E-state index contributed by atoms with van der Waals surface area (Å²) in [5, 5.41) is 17.5. The van der Waals surface area contributed by atoms with Gasteiger partial charge in [0.25, 0.3) is 0 Å². The zero-order valence-corrected chi connectivity index (χ0v) is 14.8. The van der Waals surface area contributed by atoms with Crippen molar-refractivity contribution in [2.45, 2.75) is 62.0 Å². The molecule has 0 saturated heterocycles. The fourth-order valence-corrected chi connectivity index (χ4v) is 4.19. The fraction of sp³-hybridized carbons (Fsp3) is 0.600. The Morgan fingerprint density at radius 3 is 3.04 bits per heavy atom. The Bertz CT molecular complexity index is 622. The molecule has 0 bridgehead atoms. The minimum Gasteiger partial charge on any atom is -0.352 e. The Kier molecular flexibility index (Phi) is 5.66. The van der Waals surface area contributed by atoms with Gasteiger partial charge in [0.05, 0.1) is 11.8 Å². The van der Waals surface area contributed by atoms with E-state index >= 15 is 0 Å². The quantitative estimate of drug-likeness (QED) is 0.810. The number of carbonyl (C=O) groups excluding carboxylic acids is 1. The summed E-state index contributed by atoms with van der Waals surface area (Å²) in [5.74, 6) is 0.0765. The molecule has 0 radical (unpaired) electrons. The van der Waals surface area contributed by atoms with Crippen molar-refractivity contribution in [2.75, 3.05) is 0 Å². The predicted molar refractivity (Wildman–Crippen MR) is 91.6 cm³/mol. The molecule has 6 nitrogen and oxygen atoms in total. The summed E-state index contributed by atoms with van der Waals surface area (Å²) in [6.45, 7) is 2.55. The third-order valence-corrected chi connectivity index (χ3v) is 5.92. The highest BCUT2D eigenvalue weighted by Crippen LogP contribution is 2.23. The molecule has 0 spiro atoms. The number of hydrogen-bond donors (Lipinski definition) is 1. The van der Waals surface area contributed by atoms with Crippen molar-refractivity contribution in [1.82, 2.24) is 25.5 Å². The third kappa shape index (κ3) is 4.54. The number of hydrogen-bond acceptors (Lipinski definition) is 6. The van der Waals surface area contributed by atoms with Crippen LogP contribution in [0.1, 0.15) is 43.9 Å². The molecular weight excluding hydrogens is 330 g/mol. The van der Waals surface area contributed by atoms with E-state index in [1.165, 1.54) is 35.9 Å². The van der Waals surface area contributed by atoms with Gasteiger partial charge in [0.2, 0.25) is 11.1 Å². The van der Waals surface area contributed by atoms with Gasteiger partial charge in [-0.05, 0) is 41.6 Å². The predicted octanol–water partition coefficient (Wildman–Crippen LogP) is 2.71. The lowest BCUT2D eigenvalue weighted by atomic mass is 9.95.